The normalized spacial score (nSPS) is 15.1. The number of nitrogens with zero attached hydrogens (tertiary/aromatic N) is 1. The van der Waals surface area contributed by atoms with E-state index in [0.29, 0.717) is 35.8 Å². The number of halogens is 1. The number of anilines is 1. The first-order valence-electron chi connectivity index (χ1n) is 5.69. The Morgan fingerprint density at radius 3 is 2.78 bits per heavy atom. The highest BCUT2D eigenvalue weighted by molar-refractivity contribution is 6.32. The second-order valence-corrected chi connectivity index (χ2v) is 4.66. The molecule has 0 saturated heterocycles. The van der Waals surface area contributed by atoms with Gasteiger partial charge in [0.2, 0.25) is 5.91 Å². The molecule has 96 valence electrons. The molecule has 0 aromatic heterocycles. The van der Waals surface area contributed by atoms with Gasteiger partial charge in [0.05, 0.1) is 12.1 Å². The quantitative estimate of drug-likeness (QED) is 0.784. The van der Waals surface area contributed by atoms with Gasteiger partial charge in [0, 0.05) is 32.0 Å². The van der Waals surface area contributed by atoms with E-state index >= 15 is 0 Å². The van der Waals surface area contributed by atoms with Gasteiger partial charge in [-0.1, -0.05) is 11.6 Å². The Morgan fingerprint density at radius 2 is 2.17 bits per heavy atom. The maximum absolute atomic E-state index is 11.7. The molecule has 1 aliphatic rings. The summed E-state index contributed by atoms with van der Waals surface area (Å²) in [6.07, 6.45) is 0.681. The molecule has 0 saturated carbocycles. The summed E-state index contributed by atoms with van der Waals surface area (Å²) in [4.78, 5) is 24.9. The third-order valence-electron chi connectivity index (χ3n) is 3.03. The van der Waals surface area contributed by atoms with E-state index in [9.17, 15) is 9.59 Å². The predicted octanol–water partition coefficient (Wildman–Crippen LogP) is 2.22. The van der Waals surface area contributed by atoms with E-state index in [-0.39, 0.29) is 11.7 Å². The molecular formula is C13H14ClNO3. The van der Waals surface area contributed by atoms with Crippen LogP contribution in [0.15, 0.2) is 12.1 Å². The number of hydrogen-bond acceptors (Lipinski definition) is 3. The van der Waals surface area contributed by atoms with Gasteiger partial charge in [-0.15, -0.1) is 0 Å². The van der Waals surface area contributed by atoms with E-state index in [4.69, 9.17) is 16.3 Å². The zero-order valence-electron chi connectivity index (χ0n) is 10.3. The van der Waals surface area contributed by atoms with Gasteiger partial charge in [0.25, 0.3) is 0 Å². The van der Waals surface area contributed by atoms with Gasteiger partial charge in [-0.05, 0) is 17.7 Å². The summed E-state index contributed by atoms with van der Waals surface area (Å²) in [7, 11) is 1.52. The third-order valence-corrected chi connectivity index (χ3v) is 3.32. The van der Waals surface area contributed by atoms with Crippen LogP contribution in [0.1, 0.15) is 18.9 Å². The molecule has 1 heterocycles. The fourth-order valence-corrected chi connectivity index (χ4v) is 2.35. The predicted molar refractivity (Wildman–Crippen MR) is 69.4 cm³/mol. The van der Waals surface area contributed by atoms with Gasteiger partial charge in [-0.2, -0.15) is 0 Å². The van der Waals surface area contributed by atoms with Crippen LogP contribution >= 0.6 is 11.6 Å². The molecule has 1 amide bonds. The molecule has 2 rings (SSSR count). The zero-order chi connectivity index (χ0) is 13.3. The molecule has 1 aliphatic heterocycles. The molecule has 5 heteroatoms. The highest BCUT2D eigenvalue weighted by atomic mass is 35.5. The number of rotatable bonds is 1. The van der Waals surface area contributed by atoms with E-state index in [1.54, 1.807) is 17.0 Å². The minimum absolute atomic E-state index is 0.0906. The second-order valence-electron chi connectivity index (χ2n) is 4.25. The fraction of sp³-hybridized carbons (Fsp3) is 0.385. The summed E-state index contributed by atoms with van der Waals surface area (Å²) >= 11 is 6.07. The summed E-state index contributed by atoms with van der Waals surface area (Å²) in [5.74, 6) is 0.546. The van der Waals surface area contributed by atoms with E-state index in [2.05, 4.69) is 0 Å². The van der Waals surface area contributed by atoms with Crippen LogP contribution in [0.4, 0.5) is 5.69 Å². The Balaban J connectivity index is 2.56. The number of methoxy groups -OCH3 is 1. The molecule has 0 spiro atoms. The Morgan fingerprint density at radius 1 is 1.44 bits per heavy atom. The van der Waals surface area contributed by atoms with Crippen molar-refractivity contribution in [2.45, 2.75) is 19.8 Å². The molecule has 1 aromatic carbocycles. The van der Waals surface area contributed by atoms with Gasteiger partial charge in [0.15, 0.2) is 0 Å². The minimum atomic E-state index is -0.0906. The molecule has 0 unspecified atom stereocenters. The van der Waals surface area contributed by atoms with Crippen molar-refractivity contribution >= 4 is 29.0 Å². The second kappa shape index (κ2) is 4.98. The monoisotopic (exact) mass is 267 g/mol. The van der Waals surface area contributed by atoms with E-state index in [0.717, 1.165) is 5.56 Å². The van der Waals surface area contributed by atoms with Crippen LogP contribution in [-0.2, 0) is 16.0 Å². The number of carbonyl (C=O) groups is 2. The Labute approximate surface area is 110 Å². The lowest BCUT2D eigenvalue weighted by molar-refractivity contribution is -0.118. The first kappa shape index (κ1) is 12.9. The van der Waals surface area contributed by atoms with Crippen molar-refractivity contribution in [1.82, 2.24) is 0 Å². The lowest BCUT2D eigenvalue weighted by Crippen LogP contribution is -2.29. The van der Waals surface area contributed by atoms with Crippen LogP contribution in [0, 0.1) is 0 Å². The largest absolute Gasteiger partial charge is 0.495 e. The SMILES string of the molecule is COc1cc2c(cc1Cl)N(C(C)=O)CCC(=O)C2. The lowest BCUT2D eigenvalue weighted by atomic mass is 10.1. The number of ketones is 1. The maximum Gasteiger partial charge on any atom is 0.223 e. The number of carbonyl (C=O) groups excluding carboxylic acids is 2. The van der Waals surface area contributed by atoms with Crippen molar-refractivity contribution < 1.29 is 14.3 Å². The molecule has 0 radical (unpaired) electrons. The molecule has 1 aromatic rings. The summed E-state index contributed by atoms with van der Waals surface area (Å²) < 4.78 is 5.14. The molecule has 0 fully saturated rings. The van der Waals surface area contributed by atoms with Crippen molar-refractivity contribution in [2.24, 2.45) is 0 Å². The summed E-state index contributed by atoms with van der Waals surface area (Å²) in [5, 5.41) is 0.442. The van der Waals surface area contributed by atoms with Gasteiger partial charge in [-0.3, -0.25) is 9.59 Å². The van der Waals surface area contributed by atoms with Crippen LogP contribution in [0.3, 0.4) is 0 Å². The molecule has 4 nitrogen and oxygen atoms in total. The Bertz CT molecular complexity index is 513. The van der Waals surface area contributed by atoms with E-state index in [1.165, 1.54) is 14.0 Å². The minimum Gasteiger partial charge on any atom is -0.495 e. The molecule has 0 atom stereocenters. The Kier molecular flexibility index (Phi) is 3.57. The Hall–Kier alpha value is -1.55. The van der Waals surface area contributed by atoms with Crippen molar-refractivity contribution in [1.29, 1.82) is 0 Å². The topological polar surface area (TPSA) is 46.6 Å². The molecule has 18 heavy (non-hydrogen) atoms. The number of fused-ring (bicyclic) bond motifs is 1. The van der Waals surface area contributed by atoms with Gasteiger partial charge in [-0.25, -0.2) is 0 Å². The van der Waals surface area contributed by atoms with Crippen LogP contribution in [0.5, 0.6) is 5.75 Å². The first-order valence-corrected chi connectivity index (χ1v) is 6.07. The number of ether oxygens (including phenoxy) is 1. The average Bonchev–Trinajstić information content (AvgIpc) is 2.46. The average molecular weight is 268 g/mol. The number of amides is 1. The highest BCUT2D eigenvalue weighted by Gasteiger charge is 2.23. The van der Waals surface area contributed by atoms with E-state index in [1.807, 2.05) is 0 Å². The number of hydrogen-bond donors (Lipinski definition) is 0. The van der Waals surface area contributed by atoms with Crippen LogP contribution in [0.25, 0.3) is 0 Å². The van der Waals surface area contributed by atoms with Crippen molar-refractivity contribution in [3.05, 3.63) is 22.7 Å². The molecule has 0 N–H and O–H groups in total. The lowest BCUT2D eigenvalue weighted by Gasteiger charge is -2.21. The van der Waals surface area contributed by atoms with Crippen LogP contribution < -0.4 is 9.64 Å². The number of benzene rings is 1. The van der Waals surface area contributed by atoms with Gasteiger partial charge >= 0.3 is 0 Å². The van der Waals surface area contributed by atoms with Gasteiger partial charge < -0.3 is 9.64 Å². The summed E-state index contributed by atoms with van der Waals surface area (Å²) in [6.45, 7) is 1.89. The number of Topliss-reactive ketones (excluding diaryl/α,β-unsaturated/α-hetero) is 1. The summed E-state index contributed by atoms with van der Waals surface area (Å²) in [6, 6.07) is 3.42. The first-order chi connectivity index (χ1) is 8.52. The molecular weight excluding hydrogens is 254 g/mol. The fourth-order valence-electron chi connectivity index (χ4n) is 2.12. The van der Waals surface area contributed by atoms with Crippen molar-refractivity contribution in [3.8, 4) is 5.75 Å². The highest BCUT2D eigenvalue weighted by Crippen LogP contribution is 2.35. The van der Waals surface area contributed by atoms with E-state index < -0.39 is 0 Å². The van der Waals surface area contributed by atoms with Crippen molar-refractivity contribution in [2.75, 3.05) is 18.6 Å². The van der Waals surface area contributed by atoms with Crippen LogP contribution in [0.2, 0.25) is 5.02 Å². The molecule has 0 bridgehead atoms. The van der Waals surface area contributed by atoms with Crippen molar-refractivity contribution in [3.63, 3.8) is 0 Å². The summed E-state index contributed by atoms with van der Waals surface area (Å²) in [5.41, 5.74) is 1.49. The smallest absolute Gasteiger partial charge is 0.223 e. The zero-order valence-corrected chi connectivity index (χ0v) is 11.1. The van der Waals surface area contributed by atoms with Crippen LogP contribution in [-0.4, -0.2) is 25.3 Å². The van der Waals surface area contributed by atoms with Gasteiger partial charge in [0.1, 0.15) is 11.5 Å². The molecule has 0 aliphatic carbocycles. The maximum atomic E-state index is 11.7. The third kappa shape index (κ3) is 2.34. The standard InChI is InChI=1S/C13H14ClNO3/c1-8(16)15-4-3-10(17)5-9-6-13(18-2)11(14)7-12(9)15/h6-7H,3-5H2,1-2H3.